The van der Waals surface area contributed by atoms with Crippen molar-refractivity contribution in [2.75, 3.05) is 32.8 Å². The predicted octanol–water partition coefficient (Wildman–Crippen LogP) is -7.72. The van der Waals surface area contributed by atoms with E-state index in [1.165, 1.54) is 0 Å². The molecule has 21 nitrogen and oxygen atoms in total. The van der Waals surface area contributed by atoms with Crippen molar-refractivity contribution in [3.8, 4) is 0 Å². The first-order valence-electron chi connectivity index (χ1n) is 17.8. The van der Waals surface area contributed by atoms with Crippen molar-refractivity contribution in [2.24, 2.45) is 34.4 Å². The molecule has 0 radical (unpaired) electrons. The number of hydrogen-bond donors (Lipinski definition) is 14. The normalized spacial score (nSPS) is 46.6. The summed E-state index contributed by atoms with van der Waals surface area (Å²) in [5.41, 5.74) is 34.4. The standard InChI is InChI=1S/C31H58N8O13/c32-4-1-5-38-10-13-2-3-14(35)27(47-13)50-24-15(36)6-16(39-30(45)31(46)7-12(34)8-31)20(41)26(24)52-29-23(44)25(18(11-40)49-29)51-28-19(37)22(43)21(42)17(9-33)48-28/h2,12,14-29,38,40-44,46H,1,3-11,32-37H2,(H,39,45)/t12?,14-,15+,16-,17+,18-,19-,20+,21-,22-,23-,24-,25-,26-,27-,28-,29+,31?/m1/s1. The Kier molecular flexibility index (Phi) is 14.2. The summed E-state index contributed by atoms with van der Waals surface area (Å²) in [4.78, 5) is 13.1. The summed E-state index contributed by atoms with van der Waals surface area (Å²) in [5, 5.41) is 70.6. The molecule has 5 aliphatic rings. The lowest BCUT2D eigenvalue weighted by atomic mass is 9.75. The van der Waals surface area contributed by atoms with Crippen molar-refractivity contribution < 1.29 is 63.9 Å². The van der Waals surface area contributed by atoms with Crippen LogP contribution in [0.2, 0.25) is 0 Å². The Morgan fingerprint density at radius 3 is 2.19 bits per heavy atom. The maximum absolute atomic E-state index is 13.1. The summed E-state index contributed by atoms with van der Waals surface area (Å²) in [6.07, 6.45) is -13.2. The average Bonchev–Trinajstić information content (AvgIpc) is 3.40. The van der Waals surface area contributed by atoms with Crippen LogP contribution in [0.5, 0.6) is 0 Å². The smallest absolute Gasteiger partial charge is 0.252 e. The molecule has 300 valence electrons. The Bertz CT molecular complexity index is 1200. The van der Waals surface area contributed by atoms with E-state index in [-0.39, 0.29) is 31.8 Å². The molecule has 2 aliphatic carbocycles. The molecule has 0 aromatic heterocycles. The first-order valence-corrected chi connectivity index (χ1v) is 17.8. The van der Waals surface area contributed by atoms with Crippen molar-refractivity contribution in [3.63, 3.8) is 0 Å². The zero-order valence-electron chi connectivity index (χ0n) is 29.0. The van der Waals surface area contributed by atoms with Crippen LogP contribution in [-0.4, -0.2) is 179 Å². The molecule has 0 aromatic rings. The fraction of sp³-hybridized carbons (Fsp3) is 0.903. The number of aliphatic hydroxyl groups is 6. The van der Waals surface area contributed by atoms with Gasteiger partial charge in [0.05, 0.1) is 31.3 Å². The SMILES string of the molecule is NCCCNCC1=CC[C@@H](N)[C@@H](O[C@H]2[C@H](O[C@@H]3O[C@H](CO)[C@@H](O[C@H]4O[C@@H](CN)[C@@H](O)[C@H](O)[C@H]4N)[C@H]3O)[C@@H](O)[C@H](NC(=O)C3(O)CC(N)C3)C[C@@H]2N)O1. The van der Waals surface area contributed by atoms with Gasteiger partial charge in [-0.2, -0.15) is 0 Å². The zero-order chi connectivity index (χ0) is 37.9. The second kappa shape index (κ2) is 17.8. The van der Waals surface area contributed by atoms with Gasteiger partial charge in [0.1, 0.15) is 66.3 Å². The molecule has 20 N–H and O–H groups in total. The number of nitrogens with one attached hydrogen (secondary N) is 2. The highest BCUT2D eigenvalue weighted by Crippen LogP contribution is 2.36. The van der Waals surface area contributed by atoms with E-state index in [9.17, 15) is 35.4 Å². The van der Waals surface area contributed by atoms with E-state index in [2.05, 4.69) is 10.6 Å². The molecule has 1 amide bonds. The predicted molar refractivity (Wildman–Crippen MR) is 179 cm³/mol. The maximum atomic E-state index is 13.1. The van der Waals surface area contributed by atoms with Gasteiger partial charge >= 0.3 is 0 Å². The van der Waals surface area contributed by atoms with E-state index >= 15 is 0 Å². The molecule has 2 saturated carbocycles. The number of rotatable bonds is 15. The Morgan fingerprint density at radius 1 is 0.865 bits per heavy atom. The Labute approximate surface area is 301 Å². The van der Waals surface area contributed by atoms with Gasteiger partial charge in [0.15, 0.2) is 12.6 Å². The van der Waals surface area contributed by atoms with Gasteiger partial charge in [-0.15, -0.1) is 0 Å². The van der Waals surface area contributed by atoms with Gasteiger partial charge < -0.3 is 104 Å². The first kappa shape index (κ1) is 41.5. The van der Waals surface area contributed by atoms with E-state index in [4.69, 9.17) is 62.8 Å². The van der Waals surface area contributed by atoms with Crippen LogP contribution in [-0.2, 0) is 33.2 Å². The second-order valence-electron chi connectivity index (χ2n) is 14.4. The molecule has 16 atom stereocenters. The lowest BCUT2D eigenvalue weighted by Gasteiger charge is -2.47. The van der Waals surface area contributed by atoms with Crippen LogP contribution in [0, 0.1) is 0 Å². The molecule has 0 spiro atoms. The van der Waals surface area contributed by atoms with E-state index in [0.29, 0.717) is 31.8 Å². The lowest BCUT2D eigenvalue weighted by Crippen LogP contribution is -2.69. The molecule has 4 fully saturated rings. The Balaban J connectivity index is 1.33. The average molecular weight is 751 g/mol. The van der Waals surface area contributed by atoms with Crippen LogP contribution in [0.1, 0.15) is 32.1 Å². The number of amides is 1. The van der Waals surface area contributed by atoms with Gasteiger partial charge in [-0.1, -0.05) is 0 Å². The topological polar surface area (TPSA) is 374 Å². The highest BCUT2D eigenvalue weighted by atomic mass is 16.8. The number of carbonyl (C=O) groups excluding carboxylic acids is 1. The molecule has 52 heavy (non-hydrogen) atoms. The molecule has 3 aliphatic heterocycles. The highest BCUT2D eigenvalue weighted by Gasteiger charge is 2.55. The van der Waals surface area contributed by atoms with Crippen LogP contribution in [0.3, 0.4) is 0 Å². The molecular formula is C31H58N8O13. The van der Waals surface area contributed by atoms with E-state index in [1.807, 2.05) is 6.08 Å². The summed E-state index contributed by atoms with van der Waals surface area (Å²) < 4.78 is 36.0. The fourth-order valence-corrected chi connectivity index (χ4v) is 7.22. The summed E-state index contributed by atoms with van der Waals surface area (Å²) >= 11 is 0. The Hall–Kier alpha value is -1.71. The van der Waals surface area contributed by atoms with Crippen LogP contribution in [0.15, 0.2) is 11.8 Å². The van der Waals surface area contributed by atoms with Crippen molar-refractivity contribution in [1.82, 2.24) is 10.6 Å². The van der Waals surface area contributed by atoms with Gasteiger partial charge in [0.25, 0.3) is 5.91 Å². The minimum atomic E-state index is -1.71. The van der Waals surface area contributed by atoms with Gasteiger partial charge in [0.2, 0.25) is 6.29 Å². The zero-order valence-corrected chi connectivity index (χ0v) is 29.0. The van der Waals surface area contributed by atoms with Crippen LogP contribution in [0.25, 0.3) is 0 Å². The third-order valence-corrected chi connectivity index (χ3v) is 10.4. The third-order valence-electron chi connectivity index (χ3n) is 10.4. The van der Waals surface area contributed by atoms with Gasteiger partial charge in [-0.05, 0) is 38.4 Å². The van der Waals surface area contributed by atoms with E-state index in [0.717, 1.165) is 6.42 Å². The monoisotopic (exact) mass is 750 g/mol. The van der Waals surface area contributed by atoms with Gasteiger partial charge in [0, 0.05) is 31.5 Å². The van der Waals surface area contributed by atoms with Crippen molar-refractivity contribution in [2.45, 2.75) is 142 Å². The molecule has 5 rings (SSSR count). The molecule has 2 saturated heterocycles. The third kappa shape index (κ3) is 9.04. The van der Waals surface area contributed by atoms with Crippen LogP contribution < -0.4 is 45.0 Å². The van der Waals surface area contributed by atoms with Gasteiger partial charge in [-0.3, -0.25) is 4.79 Å². The summed E-state index contributed by atoms with van der Waals surface area (Å²) in [6.45, 7) is 0.728. The molecule has 0 unspecified atom stereocenters. The van der Waals surface area contributed by atoms with Crippen LogP contribution in [0.4, 0.5) is 0 Å². The number of carbonyl (C=O) groups is 1. The highest BCUT2D eigenvalue weighted by molar-refractivity contribution is 5.86. The van der Waals surface area contributed by atoms with Crippen molar-refractivity contribution in [1.29, 1.82) is 0 Å². The minimum Gasteiger partial charge on any atom is -0.467 e. The van der Waals surface area contributed by atoms with Crippen molar-refractivity contribution >= 4 is 5.91 Å². The number of aliphatic hydroxyl groups excluding tert-OH is 5. The molecule has 3 heterocycles. The quantitative estimate of drug-likeness (QED) is 0.0691. The fourth-order valence-electron chi connectivity index (χ4n) is 7.22. The largest absolute Gasteiger partial charge is 0.467 e. The molecular weight excluding hydrogens is 692 g/mol. The molecule has 0 bridgehead atoms. The van der Waals surface area contributed by atoms with Gasteiger partial charge in [-0.25, -0.2) is 0 Å². The number of nitrogens with two attached hydrogens (primary N) is 6. The Morgan fingerprint density at radius 2 is 1.54 bits per heavy atom. The lowest BCUT2D eigenvalue weighted by molar-refractivity contribution is -0.282. The summed E-state index contributed by atoms with van der Waals surface area (Å²) in [5.74, 6) is -0.169. The number of hydrogen-bond acceptors (Lipinski definition) is 20. The van der Waals surface area contributed by atoms with E-state index in [1.54, 1.807) is 0 Å². The molecule has 0 aromatic carbocycles. The van der Waals surface area contributed by atoms with E-state index < -0.39 is 116 Å². The minimum absolute atomic E-state index is 0.0165. The molecule has 21 heteroatoms. The maximum Gasteiger partial charge on any atom is 0.252 e. The number of ether oxygens (including phenoxy) is 6. The van der Waals surface area contributed by atoms with Crippen LogP contribution >= 0.6 is 0 Å². The second-order valence-corrected chi connectivity index (χ2v) is 14.4. The van der Waals surface area contributed by atoms with Crippen molar-refractivity contribution in [3.05, 3.63) is 11.8 Å². The first-order chi connectivity index (χ1) is 24.7. The summed E-state index contributed by atoms with van der Waals surface area (Å²) in [7, 11) is 0. The summed E-state index contributed by atoms with van der Waals surface area (Å²) in [6, 6.07) is -4.22.